The van der Waals surface area contributed by atoms with E-state index >= 15 is 0 Å². The topological polar surface area (TPSA) is 67.9 Å². The summed E-state index contributed by atoms with van der Waals surface area (Å²) in [5.74, 6) is 1.10. The number of thiocarbonyl (C=S) groups is 1. The Morgan fingerprint density at radius 1 is 1.19 bits per heavy atom. The van der Waals surface area contributed by atoms with Crippen LogP contribution < -0.4 is 5.32 Å². The third-order valence-corrected chi connectivity index (χ3v) is 8.03. The number of carbonyl (C=O) groups is 2. The molecule has 2 aliphatic heterocycles. The van der Waals surface area contributed by atoms with E-state index in [1.54, 1.807) is 11.8 Å². The standard InChI is InChI=1S/C24H32N2O4S2/c1-3-29-24(30-4-2)18-13-32-14-26(18)23(28)22-21(20(31)12-25-22)19(27)11-15-9-16-7-5-6-8-17(16)10-15/h5-8,15,18,21-22,24-25H,3-4,9-14H2,1-2H3/t18-,21?,22-/m0/s1. The summed E-state index contributed by atoms with van der Waals surface area (Å²) in [6.07, 6.45) is 1.85. The zero-order chi connectivity index (χ0) is 22.7. The smallest absolute Gasteiger partial charge is 0.241 e. The van der Waals surface area contributed by atoms with Crippen molar-refractivity contribution in [2.24, 2.45) is 11.8 Å². The van der Waals surface area contributed by atoms with Gasteiger partial charge in [-0.1, -0.05) is 36.5 Å². The number of carbonyl (C=O) groups excluding carboxylic acids is 2. The Morgan fingerprint density at radius 3 is 2.47 bits per heavy atom. The van der Waals surface area contributed by atoms with Crippen molar-refractivity contribution < 1.29 is 19.1 Å². The number of nitrogens with zero attached hydrogens (tertiary/aromatic N) is 1. The van der Waals surface area contributed by atoms with Crippen molar-refractivity contribution in [2.75, 3.05) is 31.4 Å². The summed E-state index contributed by atoms with van der Waals surface area (Å²) in [6.45, 7) is 5.31. The predicted octanol–water partition coefficient (Wildman–Crippen LogP) is 2.62. The van der Waals surface area contributed by atoms with E-state index in [0.717, 1.165) is 18.6 Å². The van der Waals surface area contributed by atoms with Gasteiger partial charge in [0.05, 0.1) is 17.8 Å². The molecule has 2 heterocycles. The normalized spacial score (nSPS) is 25.7. The fraction of sp³-hybridized carbons (Fsp3) is 0.625. The molecule has 0 aromatic heterocycles. The zero-order valence-corrected chi connectivity index (χ0v) is 20.4. The van der Waals surface area contributed by atoms with Gasteiger partial charge in [-0.2, -0.15) is 0 Å². The van der Waals surface area contributed by atoms with E-state index in [0.29, 0.717) is 36.9 Å². The fourth-order valence-corrected chi connectivity index (χ4v) is 6.66. The molecule has 2 fully saturated rings. The van der Waals surface area contributed by atoms with Crippen LogP contribution in [0.2, 0.25) is 0 Å². The molecule has 6 nitrogen and oxygen atoms in total. The maximum absolute atomic E-state index is 13.6. The number of benzene rings is 1. The van der Waals surface area contributed by atoms with E-state index in [4.69, 9.17) is 21.7 Å². The highest BCUT2D eigenvalue weighted by atomic mass is 32.2. The van der Waals surface area contributed by atoms with E-state index in [1.165, 1.54) is 11.1 Å². The van der Waals surface area contributed by atoms with Crippen molar-refractivity contribution >= 4 is 40.5 Å². The minimum atomic E-state index is -0.594. The molecule has 1 unspecified atom stereocenters. The first-order valence-electron chi connectivity index (χ1n) is 11.5. The van der Waals surface area contributed by atoms with Gasteiger partial charge in [-0.05, 0) is 43.7 Å². The quantitative estimate of drug-likeness (QED) is 0.434. The van der Waals surface area contributed by atoms with Gasteiger partial charge in [-0.15, -0.1) is 11.8 Å². The summed E-state index contributed by atoms with van der Waals surface area (Å²) in [7, 11) is 0. The number of fused-ring (bicyclic) bond motifs is 1. The van der Waals surface area contributed by atoms with E-state index in [2.05, 4.69) is 29.6 Å². The van der Waals surface area contributed by atoms with Gasteiger partial charge in [0.1, 0.15) is 11.8 Å². The summed E-state index contributed by atoms with van der Waals surface area (Å²) in [5, 5.41) is 3.24. The molecule has 1 aliphatic carbocycles. The van der Waals surface area contributed by atoms with Crippen LogP contribution in [0.25, 0.3) is 0 Å². The Morgan fingerprint density at radius 2 is 1.84 bits per heavy atom. The molecule has 1 amide bonds. The minimum Gasteiger partial charge on any atom is -0.351 e. The Balaban J connectivity index is 1.44. The highest BCUT2D eigenvalue weighted by molar-refractivity contribution is 7.99. The number of ketones is 1. The molecule has 1 aromatic rings. The molecule has 3 aliphatic rings. The van der Waals surface area contributed by atoms with Crippen molar-refractivity contribution in [3.63, 3.8) is 0 Å². The summed E-state index contributed by atoms with van der Waals surface area (Å²) in [5.41, 5.74) is 2.67. The summed E-state index contributed by atoms with van der Waals surface area (Å²) >= 11 is 7.24. The maximum atomic E-state index is 13.6. The molecule has 0 spiro atoms. The Labute approximate surface area is 199 Å². The van der Waals surface area contributed by atoms with Crippen molar-refractivity contribution in [3.05, 3.63) is 35.4 Å². The van der Waals surface area contributed by atoms with E-state index < -0.39 is 18.2 Å². The average molecular weight is 477 g/mol. The van der Waals surface area contributed by atoms with Gasteiger partial charge >= 0.3 is 0 Å². The van der Waals surface area contributed by atoms with Crippen LogP contribution in [0.15, 0.2) is 24.3 Å². The SMILES string of the molecule is CCOC(OCC)[C@@H]1CSCN1C(=O)[C@H]1NCC(=S)C1C(=O)CC1Cc2ccccc2C1. The Hall–Kier alpha value is -1.32. The minimum absolute atomic E-state index is 0.0719. The number of thioether (sulfide) groups is 1. The van der Waals surface area contributed by atoms with E-state index in [9.17, 15) is 9.59 Å². The molecule has 8 heteroatoms. The molecule has 3 atom stereocenters. The molecular weight excluding hydrogens is 444 g/mol. The van der Waals surface area contributed by atoms with Gasteiger partial charge in [0.15, 0.2) is 6.29 Å². The Kier molecular flexibility index (Phi) is 8.00. The van der Waals surface area contributed by atoms with Crippen molar-refractivity contribution in [1.29, 1.82) is 0 Å². The van der Waals surface area contributed by atoms with Gasteiger partial charge in [-0.3, -0.25) is 9.59 Å². The molecular formula is C24H32N2O4S2. The lowest BCUT2D eigenvalue weighted by Gasteiger charge is -2.33. The van der Waals surface area contributed by atoms with Crippen molar-refractivity contribution in [2.45, 2.75) is 51.5 Å². The largest absolute Gasteiger partial charge is 0.351 e. The van der Waals surface area contributed by atoms with Crippen LogP contribution in [-0.2, 0) is 31.9 Å². The number of hydrogen-bond donors (Lipinski definition) is 1. The number of hydrogen-bond acceptors (Lipinski definition) is 7. The molecule has 2 saturated heterocycles. The number of ether oxygens (including phenoxy) is 2. The third kappa shape index (κ3) is 4.94. The zero-order valence-electron chi connectivity index (χ0n) is 18.7. The highest BCUT2D eigenvalue weighted by Gasteiger charge is 2.46. The van der Waals surface area contributed by atoms with E-state index in [1.807, 2.05) is 18.7 Å². The lowest BCUT2D eigenvalue weighted by molar-refractivity contribution is -0.174. The van der Waals surface area contributed by atoms with Crippen LogP contribution in [0.5, 0.6) is 0 Å². The molecule has 0 saturated carbocycles. The van der Waals surface area contributed by atoms with E-state index in [-0.39, 0.29) is 23.7 Å². The number of rotatable bonds is 9. The van der Waals surface area contributed by atoms with Crippen LogP contribution in [0.3, 0.4) is 0 Å². The highest BCUT2D eigenvalue weighted by Crippen LogP contribution is 2.32. The first kappa shape index (κ1) is 23.8. The number of Topliss-reactive ketones (excluding diaryl/α,β-unsaturated/α-hetero) is 1. The second-order valence-electron chi connectivity index (χ2n) is 8.67. The molecule has 4 rings (SSSR count). The van der Waals surface area contributed by atoms with Crippen LogP contribution in [-0.4, -0.2) is 71.2 Å². The average Bonchev–Trinajstić information content (AvgIpc) is 3.50. The second-order valence-corrected chi connectivity index (χ2v) is 10.2. The summed E-state index contributed by atoms with van der Waals surface area (Å²) in [4.78, 5) is 29.4. The molecule has 0 bridgehead atoms. The van der Waals surface area contributed by atoms with Crippen LogP contribution in [0, 0.1) is 11.8 Å². The van der Waals surface area contributed by atoms with Crippen molar-refractivity contribution in [3.8, 4) is 0 Å². The molecule has 32 heavy (non-hydrogen) atoms. The second kappa shape index (κ2) is 10.7. The monoisotopic (exact) mass is 476 g/mol. The first-order valence-corrected chi connectivity index (χ1v) is 13.1. The van der Waals surface area contributed by atoms with Crippen LogP contribution >= 0.6 is 24.0 Å². The fourth-order valence-electron chi connectivity index (χ4n) is 5.11. The maximum Gasteiger partial charge on any atom is 0.241 e. The molecule has 1 N–H and O–H groups in total. The predicted molar refractivity (Wildman–Crippen MR) is 130 cm³/mol. The van der Waals surface area contributed by atoms with Crippen molar-refractivity contribution in [1.82, 2.24) is 10.2 Å². The lowest BCUT2D eigenvalue weighted by atomic mass is 9.87. The Bertz CT molecular complexity index is 833. The van der Waals surface area contributed by atoms with Crippen LogP contribution in [0.4, 0.5) is 0 Å². The summed E-state index contributed by atoms with van der Waals surface area (Å²) in [6, 6.07) is 7.64. The van der Waals surface area contributed by atoms with Gasteiger partial charge in [0.2, 0.25) is 5.91 Å². The molecule has 174 valence electrons. The third-order valence-electron chi connectivity index (χ3n) is 6.59. The van der Waals surface area contributed by atoms with Crippen LogP contribution in [0.1, 0.15) is 31.4 Å². The first-order chi connectivity index (χ1) is 15.5. The van der Waals surface area contributed by atoms with Gasteiger partial charge in [-0.25, -0.2) is 0 Å². The molecule has 1 aromatic carbocycles. The lowest BCUT2D eigenvalue weighted by Crippen LogP contribution is -2.54. The van der Waals surface area contributed by atoms with Gasteiger partial charge in [0, 0.05) is 36.8 Å². The van der Waals surface area contributed by atoms with Gasteiger partial charge < -0.3 is 19.7 Å². The molecule has 0 radical (unpaired) electrons. The van der Waals surface area contributed by atoms with Gasteiger partial charge in [0.25, 0.3) is 0 Å². The number of nitrogens with one attached hydrogen (secondary N) is 1. The summed E-state index contributed by atoms with van der Waals surface area (Å²) < 4.78 is 11.6. The number of amides is 1.